The van der Waals surface area contributed by atoms with E-state index in [0.29, 0.717) is 38.5 Å². The Morgan fingerprint density at radius 3 is 2.37 bits per heavy atom. The summed E-state index contributed by atoms with van der Waals surface area (Å²) >= 11 is 2.02. The fourth-order valence-electron chi connectivity index (χ4n) is 3.06. The van der Waals surface area contributed by atoms with Gasteiger partial charge in [-0.05, 0) is 96.6 Å². The second-order valence-electron chi connectivity index (χ2n) is 7.37. The average Bonchev–Trinajstić information content (AvgIpc) is 2.86. The van der Waals surface area contributed by atoms with Crippen LogP contribution in [-0.4, -0.2) is 25.6 Å². The lowest BCUT2D eigenvalue weighted by atomic mass is 10.1. The van der Waals surface area contributed by atoms with Crippen LogP contribution in [0.3, 0.4) is 0 Å². The minimum absolute atomic E-state index is 0.0770. The number of halogens is 1. The molecule has 0 aliphatic carbocycles. The summed E-state index contributed by atoms with van der Waals surface area (Å²) in [5.41, 5.74) is 2.48. The van der Waals surface area contributed by atoms with Gasteiger partial charge in [-0.2, -0.15) is 5.26 Å². The van der Waals surface area contributed by atoms with Crippen molar-refractivity contribution < 1.29 is 23.8 Å². The molecule has 0 saturated carbocycles. The third-order valence-electron chi connectivity index (χ3n) is 4.84. The Hall–Kier alpha value is -3.84. The molecule has 35 heavy (non-hydrogen) atoms. The zero-order chi connectivity index (χ0) is 25.4. The predicted octanol–water partition coefficient (Wildman–Crippen LogP) is 5.77. The maximum atomic E-state index is 12.7. The van der Waals surface area contributed by atoms with Gasteiger partial charge in [0.25, 0.3) is 5.91 Å². The van der Waals surface area contributed by atoms with Crippen molar-refractivity contribution in [2.75, 3.05) is 19.0 Å². The zero-order valence-corrected chi connectivity index (χ0v) is 21.6. The molecular formula is C27H23IN2O5. The highest BCUT2D eigenvalue weighted by Gasteiger charge is 2.18. The smallest absolute Gasteiger partial charge is 0.343 e. The summed E-state index contributed by atoms with van der Waals surface area (Å²) in [5, 5.41) is 12.3. The second kappa shape index (κ2) is 12.0. The monoisotopic (exact) mass is 582 g/mol. The number of methoxy groups -OCH3 is 1. The molecule has 0 spiro atoms. The molecule has 178 valence electrons. The highest BCUT2D eigenvalue weighted by atomic mass is 127. The summed E-state index contributed by atoms with van der Waals surface area (Å²) in [6.07, 6.45) is 1.46. The number of amides is 1. The number of hydrogen-bond donors (Lipinski definition) is 1. The number of esters is 1. The van der Waals surface area contributed by atoms with Crippen molar-refractivity contribution >= 4 is 46.2 Å². The molecular weight excluding hydrogens is 559 g/mol. The molecule has 1 N–H and O–H groups in total. The number of carbonyl (C=O) groups excluding carboxylic acids is 2. The number of ether oxygens (including phenoxy) is 3. The first kappa shape index (κ1) is 25.8. The second-order valence-corrected chi connectivity index (χ2v) is 8.53. The number of nitrogens with zero attached hydrogens (tertiary/aromatic N) is 1. The van der Waals surface area contributed by atoms with Crippen molar-refractivity contribution in [3.63, 3.8) is 0 Å². The molecule has 3 rings (SSSR count). The molecule has 0 saturated heterocycles. The van der Waals surface area contributed by atoms with Crippen LogP contribution in [0.2, 0.25) is 0 Å². The lowest BCUT2D eigenvalue weighted by Crippen LogP contribution is -2.13. The van der Waals surface area contributed by atoms with E-state index in [4.69, 9.17) is 14.2 Å². The van der Waals surface area contributed by atoms with Gasteiger partial charge in [-0.3, -0.25) is 4.79 Å². The van der Waals surface area contributed by atoms with Gasteiger partial charge in [-0.25, -0.2) is 4.79 Å². The Labute approximate surface area is 217 Å². The molecule has 0 aliphatic heterocycles. The quantitative estimate of drug-likeness (QED) is 0.119. The first-order valence-electron chi connectivity index (χ1n) is 10.7. The Bertz CT molecular complexity index is 1290. The average molecular weight is 582 g/mol. The Morgan fingerprint density at radius 1 is 1.09 bits per heavy atom. The number of aryl methyl sites for hydroxylation is 1. The molecule has 8 heteroatoms. The van der Waals surface area contributed by atoms with E-state index in [1.54, 1.807) is 62.6 Å². The van der Waals surface area contributed by atoms with Crippen LogP contribution < -0.4 is 19.5 Å². The van der Waals surface area contributed by atoms with Gasteiger partial charge in [0, 0.05) is 5.69 Å². The molecule has 0 fully saturated rings. The first-order valence-corrected chi connectivity index (χ1v) is 11.7. The van der Waals surface area contributed by atoms with Crippen LogP contribution in [0.4, 0.5) is 5.69 Å². The van der Waals surface area contributed by atoms with Crippen LogP contribution in [0, 0.1) is 21.8 Å². The van der Waals surface area contributed by atoms with Crippen molar-refractivity contribution in [3.8, 4) is 23.3 Å². The number of anilines is 1. The first-order chi connectivity index (χ1) is 16.8. The van der Waals surface area contributed by atoms with Crippen molar-refractivity contribution in [1.29, 1.82) is 5.26 Å². The number of rotatable bonds is 8. The molecule has 3 aromatic carbocycles. The highest BCUT2D eigenvalue weighted by Crippen LogP contribution is 2.35. The van der Waals surface area contributed by atoms with Crippen LogP contribution in [0.15, 0.2) is 66.2 Å². The van der Waals surface area contributed by atoms with Crippen LogP contribution in [0.5, 0.6) is 17.2 Å². The summed E-state index contributed by atoms with van der Waals surface area (Å²) in [5.74, 6) is 0.128. The van der Waals surface area contributed by atoms with Gasteiger partial charge in [0.2, 0.25) is 0 Å². The normalized spacial score (nSPS) is 10.8. The predicted molar refractivity (Wildman–Crippen MR) is 142 cm³/mol. The maximum Gasteiger partial charge on any atom is 0.343 e. The van der Waals surface area contributed by atoms with Gasteiger partial charge in [0.1, 0.15) is 17.4 Å². The molecule has 0 aliphatic rings. The highest BCUT2D eigenvalue weighted by molar-refractivity contribution is 14.1. The van der Waals surface area contributed by atoms with Crippen molar-refractivity contribution in [1.82, 2.24) is 0 Å². The number of hydrogen-bond acceptors (Lipinski definition) is 6. The summed E-state index contributed by atoms with van der Waals surface area (Å²) in [4.78, 5) is 25.3. The molecule has 0 bridgehead atoms. The van der Waals surface area contributed by atoms with Crippen LogP contribution in [-0.2, 0) is 4.79 Å². The Balaban J connectivity index is 1.86. The molecule has 1 amide bonds. The molecule has 0 heterocycles. The molecule has 7 nitrogen and oxygen atoms in total. The standard InChI is InChI=1S/C27H23IN2O5/c1-4-34-24-15-18(13-20(16-29)26(31)30-21-9-5-17(2)6-10-21)14-23(28)25(24)35-27(32)19-7-11-22(33-3)12-8-19/h5-15H,4H2,1-3H3,(H,30,31)/b20-13+. The molecule has 0 atom stereocenters. The maximum absolute atomic E-state index is 12.7. The number of nitriles is 1. The number of nitrogens with one attached hydrogen (secondary N) is 1. The minimum Gasteiger partial charge on any atom is -0.497 e. The zero-order valence-electron chi connectivity index (χ0n) is 19.4. The van der Waals surface area contributed by atoms with E-state index in [1.165, 1.54) is 6.08 Å². The fourth-order valence-corrected chi connectivity index (χ4v) is 3.80. The number of benzene rings is 3. The number of carbonyl (C=O) groups is 2. The van der Waals surface area contributed by atoms with Crippen molar-refractivity contribution in [2.24, 2.45) is 0 Å². The van der Waals surface area contributed by atoms with E-state index in [1.807, 2.05) is 47.7 Å². The SMILES string of the molecule is CCOc1cc(/C=C(\C#N)C(=O)Nc2ccc(C)cc2)cc(I)c1OC(=O)c1ccc(OC)cc1. The Morgan fingerprint density at radius 2 is 1.77 bits per heavy atom. The molecule has 3 aromatic rings. The van der Waals surface area contributed by atoms with Crippen molar-refractivity contribution in [2.45, 2.75) is 13.8 Å². The lowest BCUT2D eigenvalue weighted by Gasteiger charge is -2.14. The van der Waals surface area contributed by atoms with Crippen LogP contribution >= 0.6 is 22.6 Å². The van der Waals surface area contributed by atoms with E-state index >= 15 is 0 Å². The minimum atomic E-state index is -0.551. The van der Waals surface area contributed by atoms with E-state index in [-0.39, 0.29) is 11.3 Å². The lowest BCUT2D eigenvalue weighted by molar-refractivity contribution is -0.112. The summed E-state index contributed by atoms with van der Waals surface area (Å²) in [7, 11) is 1.55. The third kappa shape index (κ3) is 6.83. The fraction of sp³-hybridized carbons (Fsp3) is 0.148. The van der Waals surface area contributed by atoms with E-state index < -0.39 is 11.9 Å². The molecule has 0 unspecified atom stereocenters. The van der Waals surface area contributed by atoms with Gasteiger partial charge in [0.15, 0.2) is 11.5 Å². The van der Waals surface area contributed by atoms with E-state index in [0.717, 1.165) is 5.56 Å². The van der Waals surface area contributed by atoms with Gasteiger partial charge >= 0.3 is 5.97 Å². The van der Waals surface area contributed by atoms with Crippen LogP contribution in [0.25, 0.3) is 6.08 Å². The largest absolute Gasteiger partial charge is 0.497 e. The molecule has 0 radical (unpaired) electrons. The summed E-state index contributed by atoms with van der Waals surface area (Å²) in [6.45, 7) is 4.08. The summed E-state index contributed by atoms with van der Waals surface area (Å²) < 4.78 is 17.0. The summed E-state index contributed by atoms with van der Waals surface area (Å²) in [6, 6.07) is 19.1. The van der Waals surface area contributed by atoms with Crippen LogP contribution in [0.1, 0.15) is 28.4 Å². The Kier molecular flexibility index (Phi) is 8.86. The van der Waals surface area contributed by atoms with Gasteiger partial charge < -0.3 is 19.5 Å². The van der Waals surface area contributed by atoms with E-state index in [2.05, 4.69) is 5.32 Å². The van der Waals surface area contributed by atoms with E-state index in [9.17, 15) is 14.9 Å². The third-order valence-corrected chi connectivity index (χ3v) is 5.64. The van der Waals surface area contributed by atoms with Gasteiger partial charge in [0.05, 0.1) is 22.9 Å². The van der Waals surface area contributed by atoms with Crippen molar-refractivity contribution in [3.05, 3.63) is 86.5 Å². The van der Waals surface area contributed by atoms with Gasteiger partial charge in [-0.1, -0.05) is 17.7 Å². The van der Waals surface area contributed by atoms with Gasteiger partial charge in [-0.15, -0.1) is 0 Å². The topological polar surface area (TPSA) is 97.6 Å². The molecule has 0 aromatic heterocycles.